The average Bonchev–Trinajstić information content (AvgIpc) is 3.46. The summed E-state index contributed by atoms with van der Waals surface area (Å²) in [6, 6.07) is 11.8. The molecule has 29 heavy (non-hydrogen) atoms. The molecule has 1 saturated heterocycles. The van der Waals surface area contributed by atoms with Gasteiger partial charge in [-0.3, -0.25) is 9.59 Å². The summed E-state index contributed by atoms with van der Waals surface area (Å²) in [5, 5.41) is 13.1. The van der Waals surface area contributed by atoms with Crippen LogP contribution in [-0.4, -0.2) is 50.8 Å². The Kier molecular flexibility index (Phi) is 5.71. The highest BCUT2D eigenvalue weighted by Gasteiger charge is 2.26. The number of hydrogen-bond donors (Lipinski definition) is 1. The van der Waals surface area contributed by atoms with Crippen molar-refractivity contribution >= 4 is 23.2 Å². The summed E-state index contributed by atoms with van der Waals surface area (Å²) in [5.41, 5.74) is 2.47. The van der Waals surface area contributed by atoms with E-state index in [0.29, 0.717) is 23.7 Å². The molecule has 3 aromatic rings. The molecular weight excluding hydrogens is 386 g/mol. The average molecular weight is 410 g/mol. The molecule has 0 bridgehead atoms. The lowest BCUT2D eigenvalue weighted by molar-refractivity contribution is 0.0692. The molecule has 0 atom stereocenters. The Balaban J connectivity index is 1.34. The van der Waals surface area contributed by atoms with Gasteiger partial charge in [0.15, 0.2) is 5.69 Å². The van der Waals surface area contributed by atoms with Crippen LogP contribution in [0.15, 0.2) is 48.0 Å². The van der Waals surface area contributed by atoms with E-state index >= 15 is 0 Å². The zero-order valence-corrected chi connectivity index (χ0v) is 17.1. The molecule has 0 spiro atoms. The zero-order chi connectivity index (χ0) is 20.2. The number of piperidine rings is 1. The Morgan fingerprint density at radius 1 is 1.17 bits per heavy atom. The fourth-order valence-electron chi connectivity index (χ4n) is 3.43. The first-order chi connectivity index (χ1) is 14.1. The summed E-state index contributed by atoms with van der Waals surface area (Å²) >= 11 is 1.43. The number of aryl methyl sites for hydroxylation is 1. The number of aromatic nitrogens is 3. The summed E-state index contributed by atoms with van der Waals surface area (Å²) in [5.74, 6) is -0.161. The second-order valence-corrected chi connectivity index (χ2v) is 8.03. The largest absolute Gasteiger partial charge is 0.348 e. The highest BCUT2D eigenvalue weighted by Crippen LogP contribution is 2.16. The zero-order valence-electron chi connectivity index (χ0n) is 16.2. The van der Waals surface area contributed by atoms with Crippen molar-refractivity contribution in [3.63, 3.8) is 0 Å². The number of thiophene rings is 1. The third-order valence-electron chi connectivity index (χ3n) is 5.18. The topological polar surface area (TPSA) is 80.1 Å². The lowest BCUT2D eigenvalue weighted by atomic mass is 10.0. The van der Waals surface area contributed by atoms with Gasteiger partial charge in [0.2, 0.25) is 0 Å². The smallest absolute Gasteiger partial charge is 0.276 e. The molecule has 2 aromatic heterocycles. The highest BCUT2D eigenvalue weighted by atomic mass is 32.1. The van der Waals surface area contributed by atoms with Crippen LogP contribution in [0.3, 0.4) is 0 Å². The predicted octanol–water partition coefficient (Wildman–Crippen LogP) is 2.93. The number of nitrogens with one attached hydrogen (secondary N) is 1. The predicted molar refractivity (Wildman–Crippen MR) is 111 cm³/mol. The Hall–Kier alpha value is -3.00. The van der Waals surface area contributed by atoms with Gasteiger partial charge in [-0.15, -0.1) is 16.4 Å². The molecule has 7 nitrogen and oxygen atoms in total. The van der Waals surface area contributed by atoms with Crippen LogP contribution in [-0.2, 0) is 6.42 Å². The van der Waals surface area contributed by atoms with Crippen LogP contribution in [0.4, 0.5) is 0 Å². The molecule has 1 aromatic carbocycles. The number of nitrogens with zero attached hydrogens (tertiary/aromatic N) is 4. The highest BCUT2D eigenvalue weighted by molar-refractivity contribution is 7.12. The van der Waals surface area contributed by atoms with Gasteiger partial charge in [-0.05, 0) is 48.4 Å². The van der Waals surface area contributed by atoms with Crippen LogP contribution in [0.1, 0.15) is 45.5 Å². The van der Waals surface area contributed by atoms with Crippen molar-refractivity contribution in [1.82, 2.24) is 25.2 Å². The van der Waals surface area contributed by atoms with E-state index in [2.05, 4.69) is 22.6 Å². The van der Waals surface area contributed by atoms with Gasteiger partial charge in [0.05, 0.1) is 16.8 Å². The van der Waals surface area contributed by atoms with Crippen LogP contribution < -0.4 is 5.32 Å². The molecule has 1 fully saturated rings. The van der Waals surface area contributed by atoms with Gasteiger partial charge < -0.3 is 10.2 Å². The summed E-state index contributed by atoms with van der Waals surface area (Å²) < 4.78 is 1.63. The van der Waals surface area contributed by atoms with E-state index in [1.165, 1.54) is 16.9 Å². The Labute approximate surface area is 173 Å². The molecule has 3 heterocycles. The first kappa shape index (κ1) is 19.3. The van der Waals surface area contributed by atoms with Gasteiger partial charge in [-0.25, -0.2) is 4.68 Å². The molecule has 4 rings (SSSR count). The van der Waals surface area contributed by atoms with Crippen molar-refractivity contribution in [3.05, 3.63) is 64.1 Å². The van der Waals surface area contributed by atoms with E-state index in [1.807, 2.05) is 41.8 Å². The molecule has 0 aliphatic carbocycles. The molecular formula is C21H23N5O2S. The SMILES string of the molecule is CCc1ccc(-n2cc(C(=O)N3CCC(NC(=O)c4cccs4)CC3)nn2)cc1. The van der Waals surface area contributed by atoms with E-state index < -0.39 is 0 Å². The molecule has 2 amide bonds. The minimum Gasteiger partial charge on any atom is -0.348 e. The van der Waals surface area contributed by atoms with Crippen molar-refractivity contribution < 1.29 is 9.59 Å². The van der Waals surface area contributed by atoms with E-state index in [9.17, 15) is 9.59 Å². The second kappa shape index (κ2) is 8.57. The van der Waals surface area contributed by atoms with E-state index in [4.69, 9.17) is 0 Å². The molecule has 1 aliphatic rings. The van der Waals surface area contributed by atoms with Crippen molar-refractivity contribution in [2.45, 2.75) is 32.2 Å². The summed E-state index contributed by atoms with van der Waals surface area (Å²) in [4.78, 5) is 27.5. The Bertz CT molecular complexity index is 973. The molecule has 8 heteroatoms. The van der Waals surface area contributed by atoms with Gasteiger partial charge in [0.1, 0.15) is 0 Å². The molecule has 1 N–H and O–H groups in total. The number of carbonyl (C=O) groups excluding carboxylic acids is 2. The number of hydrogen-bond acceptors (Lipinski definition) is 5. The lowest BCUT2D eigenvalue weighted by Gasteiger charge is -2.31. The van der Waals surface area contributed by atoms with Crippen LogP contribution >= 0.6 is 11.3 Å². The summed E-state index contributed by atoms with van der Waals surface area (Å²) in [6.45, 7) is 3.29. The fraction of sp³-hybridized carbons (Fsp3) is 0.333. The summed E-state index contributed by atoms with van der Waals surface area (Å²) in [7, 11) is 0. The number of amides is 2. The molecule has 0 radical (unpaired) electrons. The van der Waals surface area contributed by atoms with Crippen LogP contribution in [0.2, 0.25) is 0 Å². The number of benzene rings is 1. The maximum atomic E-state index is 12.8. The number of carbonyl (C=O) groups is 2. The number of rotatable bonds is 5. The van der Waals surface area contributed by atoms with Crippen LogP contribution in [0.5, 0.6) is 0 Å². The van der Waals surface area contributed by atoms with Crippen molar-refractivity contribution in [2.75, 3.05) is 13.1 Å². The first-order valence-electron chi connectivity index (χ1n) is 9.79. The molecule has 150 valence electrons. The minimum absolute atomic E-state index is 0.0400. The van der Waals surface area contributed by atoms with Crippen LogP contribution in [0.25, 0.3) is 5.69 Å². The second-order valence-electron chi connectivity index (χ2n) is 7.09. The number of likely N-dealkylation sites (tertiary alicyclic amines) is 1. The van der Waals surface area contributed by atoms with Gasteiger partial charge in [0.25, 0.3) is 11.8 Å². The maximum Gasteiger partial charge on any atom is 0.276 e. The molecule has 0 unspecified atom stereocenters. The van der Waals surface area contributed by atoms with E-state index in [-0.39, 0.29) is 17.9 Å². The van der Waals surface area contributed by atoms with Crippen molar-refractivity contribution in [2.24, 2.45) is 0 Å². The van der Waals surface area contributed by atoms with Gasteiger partial charge >= 0.3 is 0 Å². The normalized spacial score (nSPS) is 14.7. The third-order valence-corrected chi connectivity index (χ3v) is 6.05. The lowest BCUT2D eigenvalue weighted by Crippen LogP contribution is -2.46. The summed E-state index contributed by atoms with van der Waals surface area (Å²) in [6.07, 6.45) is 4.12. The minimum atomic E-state index is -0.121. The Morgan fingerprint density at radius 2 is 1.93 bits per heavy atom. The van der Waals surface area contributed by atoms with Gasteiger partial charge in [-0.1, -0.05) is 30.3 Å². The standard InChI is InChI=1S/C21H23N5O2S/c1-2-15-5-7-17(8-6-15)26-14-18(23-24-26)21(28)25-11-9-16(10-12-25)22-20(27)19-4-3-13-29-19/h3-8,13-14,16H,2,9-12H2,1H3,(H,22,27). The molecule has 1 aliphatic heterocycles. The maximum absolute atomic E-state index is 12.8. The van der Waals surface area contributed by atoms with Gasteiger partial charge in [0, 0.05) is 19.1 Å². The third kappa shape index (κ3) is 4.37. The van der Waals surface area contributed by atoms with Crippen LogP contribution in [0, 0.1) is 0 Å². The van der Waals surface area contributed by atoms with E-state index in [1.54, 1.807) is 15.8 Å². The van der Waals surface area contributed by atoms with Crippen molar-refractivity contribution in [3.8, 4) is 5.69 Å². The van der Waals surface area contributed by atoms with E-state index in [0.717, 1.165) is 24.9 Å². The van der Waals surface area contributed by atoms with Gasteiger partial charge in [-0.2, -0.15) is 0 Å². The molecule has 0 saturated carbocycles. The Morgan fingerprint density at radius 3 is 2.59 bits per heavy atom. The fourth-order valence-corrected chi connectivity index (χ4v) is 4.05. The monoisotopic (exact) mass is 409 g/mol. The van der Waals surface area contributed by atoms with Crippen molar-refractivity contribution in [1.29, 1.82) is 0 Å². The first-order valence-corrected chi connectivity index (χ1v) is 10.7. The quantitative estimate of drug-likeness (QED) is 0.703.